The van der Waals surface area contributed by atoms with Crippen molar-refractivity contribution in [1.29, 1.82) is 0 Å². The summed E-state index contributed by atoms with van der Waals surface area (Å²) in [4.78, 5) is 0. The number of rotatable bonds is 2. The topological polar surface area (TPSA) is 26.0 Å². The number of hydrogen-bond donors (Lipinski definition) is 1. The molecule has 0 bridgehead atoms. The average Bonchev–Trinajstić information content (AvgIpc) is 2.08. The van der Waals surface area contributed by atoms with E-state index in [9.17, 15) is 4.39 Å². The van der Waals surface area contributed by atoms with E-state index in [-0.39, 0.29) is 17.3 Å². The number of benzene rings is 1. The van der Waals surface area contributed by atoms with Crippen molar-refractivity contribution in [3.63, 3.8) is 0 Å². The predicted molar refractivity (Wildman–Crippen MR) is 65.2 cm³/mol. The summed E-state index contributed by atoms with van der Waals surface area (Å²) < 4.78 is 14.3. The van der Waals surface area contributed by atoms with Crippen LogP contribution in [0.4, 0.5) is 4.39 Å². The second-order valence-electron chi connectivity index (χ2n) is 4.91. The summed E-state index contributed by atoms with van der Waals surface area (Å²) in [5.41, 5.74) is 6.69. The molecule has 0 amide bonds. The zero-order chi connectivity index (χ0) is 11.6. The first-order valence-electron chi connectivity index (χ1n) is 5.00. The number of nitrogens with two attached hydrogens (primary N) is 1. The minimum Gasteiger partial charge on any atom is -0.327 e. The highest BCUT2D eigenvalue weighted by molar-refractivity contribution is 9.10. The van der Waals surface area contributed by atoms with E-state index in [1.165, 1.54) is 6.07 Å². The monoisotopic (exact) mass is 273 g/mol. The molecule has 1 atom stereocenters. The third-order valence-corrected chi connectivity index (χ3v) is 3.06. The summed E-state index contributed by atoms with van der Waals surface area (Å²) in [6, 6.07) is 5.07. The van der Waals surface area contributed by atoms with Crippen LogP contribution in [0.1, 0.15) is 26.3 Å². The number of hydrogen-bond acceptors (Lipinski definition) is 1. The van der Waals surface area contributed by atoms with E-state index in [0.29, 0.717) is 12.0 Å². The molecule has 1 aromatic rings. The third-order valence-electron chi connectivity index (χ3n) is 2.57. The molecule has 0 heterocycles. The molecule has 0 aliphatic heterocycles. The van der Waals surface area contributed by atoms with Crippen molar-refractivity contribution in [2.45, 2.75) is 33.2 Å². The Morgan fingerprint density at radius 2 is 2.00 bits per heavy atom. The Labute approximate surface area is 99.0 Å². The van der Waals surface area contributed by atoms with Gasteiger partial charge in [-0.15, -0.1) is 0 Å². The van der Waals surface area contributed by atoms with Gasteiger partial charge in [0.1, 0.15) is 5.82 Å². The lowest BCUT2D eigenvalue weighted by Gasteiger charge is -2.27. The van der Waals surface area contributed by atoms with Crippen molar-refractivity contribution < 1.29 is 4.39 Å². The van der Waals surface area contributed by atoms with E-state index in [1.54, 1.807) is 6.07 Å². The third kappa shape index (κ3) is 3.58. The molecule has 1 nitrogen and oxygen atoms in total. The molecule has 1 aromatic carbocycles. The molecule has 2 N–H and O–H groups in total. The molecule has 0 aromatic heterocycles. The predicted octanol–water partition coefficient (Wildman–Crippen LogP) is 3.50. The van der Waals surface area contributed by atoms with Crippen LogP contribution in [0.25, 0.3) is 0 Å². The molecule has 0 fully saturated rings. The largest absolute Gasteiger partial charge is 0.327 e. The lowest BCUT2D eigenvalue weighted by molar-refractivity contribution is 0.316. The van der Waals surface area contributed by atoms with E-state index in [0.717, 1.165) is 4.47 Å². The van der Waals surface area contributed by atoms with Crippen LogP contribution in [0.3, 0.4) is 0 Å². The van der Waals surface area contributed by atoms with E-state index in [1.807, 2.05) is 6.07 Å². The van der Waals surface area contributed by atoms with Crippen molar-refractivity contribution in [3.8, 4) is 0 Å². The molecule has 0 radical (unpaired) electrons. The Bertz CT molecular complexity index is 344. The highest BCUT2D eigenvalue weighted by atomic mass is 79.9. The molecular formula is C12H17BrFN. The summed E-state index contributed by atoms with van der Waals surface area (Å²) in [5, 5.41) is 0. The quantitative estimate of drug-likeness (QED) is 0.877. The van der Waals surface area contributed by atoms with Crippen molar-refractivity contribution in [2.24, 2.45) is 11.1 Å². The highest BCUT2D eigenvalue weighted by Gasteiger charge is 2.21. The minimum atomic E-state index is -0.191. The zero-order valence-electron chi connectivity index (χ0n) is 9.35. The highest BCUT2D eigenvalue weighted by Crippen LogP contribution is 2.23. The van der Waals surface area contributed by atoms with Gasteiger partial charge in [-0.25, -0.2) is 4.39 Å². The fourth-order valence-electron chi connectivity index (χ4n) is 1.23. The molecule has 0 saturated carbocycles. The van der Waals surface area contributed by atoms with Crippen LogP contribution >= 0.6 is 15.9 Å². The molecule has 1 rings (SSSR count). The lowest BCUT2D eigenvalue weighted by atomic mass is 9.84. The molecule has 0 spiro atoms. The number of halogens is 2. The second-order valence-corrected chi connectivity index (χ2v) is 5.83. The first-order chi connectivity index (χ1) is 6.80. The molecule has 84 valence electrons. The fraction of sp³-hybridized carbons (Fsp3) is 0.500. The van der Waals surface area contributed by atoms with Crippen LogP contribution in [0.2, 0.25) is 0 Å². The first kappa shape index (κ1) is 12.7. The maximum absolute atomic E-state index is 13.5. The van der Waals surface area contributed by atoms with Gasteiger partial charge in [-0.1, -0.05) is 42.8 Å². The molecule has 0 aliphatic carbocycles. The summed E-state index contributed by atoms with van der Waals surface area (Å²) in [5.74, 6) is -0.191. The van der Waals surface area contributed by atoms with E-state index in [4.69, 9.17) is 5.73 Å². The van der Waals surface area contributed by atoms with Gasteiger partial charge in [0.2, 0.25) is 0 Å². The molecule has 3 heteroatoms. The first-order valence-corrected chi connectivity index (χ1v) is 5.79. The standard InChI is InChI=1S/C12H17BrFN/c1-12(2,3)11(15)6-8-4-5-9(13)7-10(8)14/h4-5,7,11H,6,15H2,1-3H3. The van der Waals surface area contributed by atoms with Crippen LogP contribution in [0.5, 0.6) is 0 Å². The van der Waals surface area contributed by atoms with Crippen LogP contribution in [-0.4, -0.2) is 6.04 Å². The van der Waals surface area contributed by atoms with Gasteiger partial charge in [0.25, 0.3) is 0 Å². The summed E-state index contributed by atoms with van der Waals surface area (Å²) in [7, 11) is 0. The van der Waals surface area contributed by atoms with Crippen LogP contribution < -0.4 is 5.73 Å². The molecular weight excluding hydrogens is 257 g/mol. The van der Waals surface area contributed by atoms with Gasteiger partial charge < -0.3 is 5.73 Å². The van der Waals surface area contributed by atoms with E-state index in [2.05, 4.69) is 36.7 Å². The van der Waals surface area contributed by atoms with E-state index < -0.39 is 0 Å². The van der Waals surface area contributed by atoms with Gasteiger partial charge in [0, 0.05) is 10.5 Å². The normalized spacial score (nSPS) is 14.0. The van der Waals surface area contributed by atoms with Gasteiger partial charge >= 0.3 is 0 Å². The fourth-order valence-corrected chi connectivity index (χ4v) is 1.56. The lowest BCUT2D eigenvalue weighted by Crippen LogP contribution is -2.37. The zero-order valence-corrected chi connectivity index (χ0v) is 10.9. The van der Waals surface area contributed by atoms with Crippen LogP contribution in [0, 0.1) is 11.2 Å². The second kappa shape index (κ2) is 4.62. The smallest absolute Gasteiger partial charge is 0.127 e. The Kier molecular flexibility index (Phi) is 3.90. The average molecular weight is 274 g/mol. The van der Waals surface area contributed by atoms with Crippen molar-refractivity contribution in [1.82, 2.24) is 0 Å². The van der Waals surface area contributed by atoms with Crippen molar-refractivity contribution in [3.05, 3.63) is 34.1 Å². The summed E-state index contributed by atoms with van der Waals surface area (Å²) in [6.07, 6.45) is 0.572. The Hall–Kier alpha value is -0.410. The Morgan fingerprint density at radius 3 is 2.47 bits per heavy atom. The van der Waals surface area contributed by atoms with Crippen molar-refractivity contribution >= 4 is 15.9 Å². The summed E-state index contributed by atoms with van der Waals surface area (Å²) in [6.45, 7) is 6.19. The van der Waals surface area contributed by atoms with Gasteiger partial charge in [-0.3, -0.25) is 0 Å². The van der Waals surface area contributed by atoms with Crippen molar-refractivity contribution in [2.75, 3.05) is 0 Å². The van der Waals surface area contributed by atoms with Crippen LogP contribution in [-0.2, 0) is 6.42 Å². The Balaban J connectivity index is 2.82. The van der Waals surface area contributed by atoms with Gasteiger partial charge in [-0.2, -0.15) is 0 Å². The van der Waals surface area contributed by atoms with E-state index >= 15 is 0 Å². The Morgan fingerprint density at radius 1 is 1.40 bits per heavy atom. The SMILES string of the molecule is CC(C)(C)C(N)Cc1ccc(Br)cc1F. The molecule has 0 aliphatic rings. The minimum absolute atomic E-state index is 0.000483. The molecule has 0 saturated heterocycles. The summed E-state index contributed by atoms with van der Waals surface area (Å²) >= 11 is 3.23. The van der Waals surface area contributed by atoms with Gasteiger partial charge in [-0.05, 0) is 29.5 Å². The van der Waals surface area contributed by atoms with Crippen LogP contribution in [0.15, 0.2) is 22.7 Å². The van der Waals surface area contributed by atoms with Gasteiger partial charge in [0.05, 0.1) is 0 Å². The van der Waals surface area contributed by atoms with Gasteiger partial charge in [0.15, 0.2) is 0 Å². The maximum atomic E-state index is 13.5. The molecule has 15 heavy (non-hydrogen) atoms. The molecule has 1 unspecified atom stereocenters. The maximum Gasteiger partial charge on any atom is 0.127 e.